The van der Waals surface area contributed by atoms with Crippen LogP contribution in [-0.2, 0) is 9.53 Å². The third kappa shape index (κ3) is 3.33. The van der Waals surface area contributed by atoms with Crippen LogP contribution < -0.4 is 5.73 Å². The van der Waals surface area contributed by atoms with Crippen LogP contribution in [-0.4, -0.2) is 43.7 Å². The van der Waals surface area contributed by atoms with Crippen molar-refractivity contribution in [2.75, 3.05) is 26.8 Å². The summed E-state index contributed by atoms with van der Waals surface area (Å²) in [6, 6.07) is 0.309. The van der Waals surface area contributed by atoms with Crippen LogP contribution >= 0.6 is 0 Å². The summed E-state index contributed by atoms with van der Waals surface area (Å²) in [5.41, 5.74) is 7.19. The number of hydrogen-bond acceptors (Lipinski definition) is 3. The largest absolute Gasteiger partial charge is 0.380 e. The number of ether oxygens (including phenoxy) is 1. The molecule has 1 aliphatic heterocycles. The molecule has 1 amide bonds. The number of carbonyl (C=O) groups is 1. The van der Waals surface area contributed by atoms with E-state index < -0.39 is 0 Å². The highest BCUT2D eigenvalue weighted by atomic mass is 16.5. The first-order valence-corrected chi connectivity index (χ1v) is 6.92. The number of amides is 1. The Morgan fingerprint density at radius 3 is 2.72 bits per heavy atom. The minimum Gasteiger partial charge on any atom is -0.380 e. The Morgan fingerprint density at radius 2 is 2.17 bits per heavy atom. The van der Waals surface area contributed by atoms with Crippen molar-refractivity contribution in [1.82, 2.24) is 4.90 Å². The fourth-order valence-electron chi connectivity index (χ4n) is 2.85. The zero-order chi connectivity index (χ0) is 13.0. The van der Waals surface area contributed by atoms with E-state index in [1.807, 2.05) is 4.90 Å². The fourth-order valence-corrected chi connectivity index (χ4v) is 2.85. The molecule has 0 aromatic heterocycles. The summed E-state index contributed by atoms with van der Waals surface area (Å²) in [6.07, 6.45) is 7.01. The van der Waals surface area contributed by atoms with Gasteiger partial charge in [0.1, 0.15) is 0 Å². The summed E-state index contributed by atoms with van der Waals surface area (Å²) in [6.45, 7) is 2.29. The highest BCUT2D eigenvalue weighted by Gasteiger charge is 2.28. The number of carbonyl (C=O) groups excluding carboxylic acids is 1. The molecule has 2 N–H and O–H groups in total. The van der Waals surface area contributed by atoms with Crippen molar-refractivity contribution < 1.29 is 9.53 Å². The lowest BCUT2D eigenvalue weighted by atomic mass is 9.85. The summed E-state index contributed by atoms with van der Waals surface area (Å²) in [5, 5.41) is 0. The van der Waals surface area contributed by atoms with E-state index in [0.717, 1.165) is 45.2 Å². The maximum absolute atomic E-state index is 12.3. The van der Waals surface area contributed by atoms with Crippen molar-refractivity contribution in [1.29, 1.82) is 0 Å². The molecule has 0 spiro atoms. The molecule has 0 radical (unpaired) electrons. The molecule has 2 rings (SSSR count). The molecule has 1 saturated carbocycles. The van der Waals surface area contributed by atoms with Gasteiger partial charge in [0.15, 0.2) is 0 Å². The van der Waals surface area contributed by atoms with Crippen molar-refractivity contribution in [3.63, 3.8) is 0 Å². The van der Waals surface area contributed by atoms with Crippen molar-refractivity contribution in [2.45, 2.75) is 38.1 Å². The zero-order valence-electron chi connectivity index (χ0n) is 11.2. The van der Waals surface area contributed by atoms with Gasteiger partial charge < -0.3 is 15.4 Å². The molecule has 1 aliphatic carbocycles. The maximum Gasteiger partial charge on any atom is 0.225 e. The standard InChI is InChI=1S/C14H24N2O2/c1-18-10-11-6-8-16(9-7-11)14(17)12-2-4-13(15)5-3-12/h6,12-13H,2-5,7-10,15H2,1H3. The average Bonchev–Trinajstić information content (AvgIpc) is 2.40. The van der Waals surface area contributed by atoms with E-state index >= 15 is 0 Å². The smallest absolute Gasteiger partial charge is 0.225 e. The number of methoxy groups -OCH3 is 1. The van der Waals surface area contributed by atoms with E-state index in [2.05, 4.69) is 6.08 Å². The van der Waals surface area contributed by atoms with Gasteiger partial charge in [0, 0.05) is 32.2 Å². The molecule has 0 aromatic carbocycles. The minimum absolute atomic E-state index is 0.210. The third-order valence-corrected chi connectivity index (χ3v) is 4.07. The second-order valence-corrected chi connectivity index (χ2v) is 5.44. The summed E-state index contributed by atoms with van der Waals surface area (Å²) < 4.78 is 5.12. The van der Waals surface area contributed by atoms with Crippen LogP contribution in [0.4, 0.5) is 0 Å². The summed E-state index contributed by atoms with van der Waals surface area (Å²) in [7, 11) is 1.71. The topological polar surface area (TPSA) is 55.6 Å². The summed E-state index contributed by atoms with van der Waals surface area (Å²) >= 11 is 0. The van der Waals surface area contributed by atoms with E-state index in [-0.39, 0.29) is 5.92 Å². The number of nitrogens with zero attached hydrogens (tertiary/aromatic N) is 1. The molecule has 0 saturated heterocycles. The molecule has 2 aliphatic rings. The van der Waals surface area contributed by atoms with Gasteiger partial charge in [-0.3, -0.25) is 4.79 Å². The fraction of sp³-hybridized carbons (Fsp3) is 0.786. The molecule has 0 atom stereocenters. The molecule has 18 heavy (non-hydrogen) atoms. The van der Waals surface area contributed by atoms with Gasteiger partial charge in [-0.05, 0) is 37.7 Å². The van der Waals surface area contributed by atoms with Crippen LogP contribution in [0.2, 0.25) is 0 Å². The second kappa shape index (κ2) is 6.34. The highest BCUT2D eigenvalue weighted by molar-refractivity contribution is 5.79. The van der Waals surface area contributed by atoms with Gasteiger partial charge in [-0.15, -0.1) is 0 Å². The molecule has 0 bridgehead atoms. The monoisotopic (exact) mass is 252 g/mol. The van der Waals surface area contributed by atoms with Crippen LogP contribution in [0.3, 0.4) is 0 Å². The van der Waals surface area contributed by atoms with Gasteiger partial charge in [-0.1, -0.05) is 6.08 Å². The van der Waals surface area contributed by atoms with E-state index in [1.165, 1.54) is 5.57 Å². The van der Waals surface area contributed by atoms with Crippen LogP contribution in [0.1, 0.15) is 32.1 Å². The summed E-state index contributed by atoms with van der Waals surface area (Å²) in [4.78, 5) is 14.3. The lowest BCUT2D eigenvalue weighted by Crippen LogP contribution is -2.41. The molecule has 4 nitrogen and oxygen atoms in total. The lowest BCUT2D eigenvalue weighted by molar-refractivity contribution is -0.136. The van der Waals surface area contributed by atoms with E-state index in [0.29, 0.717) is 18.6 Å². The molecule has 1 heterocycles. The van der Waals surface area contributed by atoms with Gasteiger partial charge >= 0.3 is 0 Å². The molecule has 1 fully saturated rings. The lowest BCUT2D eigenvalue weighted by Gasteiger charge is -2.32. The number of nitrogens with two attached hydrogens (primary N) is 1. The Labute approximate surface area is 109 Å². The Bertz CT molecular complexity index is 320. The van der Waals surface area contributed by atoms with Gasteiger partial charge in [-0.2, -0.15) is 0 Å². The molecule has 102 valence electrons. The van der Waals surface area contributed by atoms with Gasteiger partial charge in [0.25, 0.3) is 0 Å². The van der Waals surface area contributed by atoms with Gasteiger partial charge in [-0.25, -0.2) is 0 Å². The van der Waals surface area contributed by atoms with Crippen LogP contribution in [0.25, 0.3) is 0 Å². The Morgan fingerprint density at radius 1 is 1.44 bits per heavy atom. The van der Waals surface area contributed by atoms with Crippen molar-refractivity contribution in [3.05, 3.63) is 11.6 Å². The van der Waals surface area contributed by atoms with Crippen molar-refractivity contribution >= 4 is 5.91 Å². The highest BCUT2D eigenvalue weighted by Crippen LogP contribution is 2.26. The van der Waals surface area contributed by atoms with Crippen molar-refractivity contribution in [2.24, 2.45) is 11.7 Å². The van der Waals surface area contributed by atoms with Crippen LogP contribution in [0.15, 0.2) is 11.6 Å². The first-order chi connectivity index (χ1) is 8.70. The van der Waals surface area contributed by atoms with E-state index in [9.17, 15) is 4.79 Å². The van der Waals surface area contributed by atoms with E-state index in [1.54, 1.807) is 7.11 Å². The molecular formula is C14H24N2O2. The Kier molecular flexibility index (Phi) is 4.78. The Balaban J connectivity index is 1.84. The zero-order valence-corrected chi connectivity index (χ0v) is 11.2. The Hall–Kier alpha value is -0.870. The first-order valence-electron chi connectivity index (χ1n) is 6.92. The molecular weight excluding hydrogens is 228 g/mol. The normalized spacial score (nSPS) is 29.0. The summed E-state index contributed by atoms with van der Waals surface area (Å²) in [5.74, 6) is 0.539. The van der Waals surface area contributed by atoms with Gasteiger partial charge in [0.2, 0.25) is 5.91 Å². The van der Waals surface area contributed by atoms with Crippen LogP contribution in [0, 0.1) is 5.92 Å². The first kappa shape index (κ1) is 13.6. The van der Waals surface area contributed by atoms with Crippen molar-refractivity contribution in [3.8, 4) is 0 Å². The maximum atomic E-state index is 12.3. The van der Waals surface area contributed by atoms with E-state index in [4.69, 9.17) is 10.5 Å². The predicted octanol–water partition coefficient (Wildman–Crippen LogP) is 1.31. The third-order valence-electron chi connectivity index (χ3n) is 4.07. The minimum atomic E-state index is 0.210. The molecule has 4 heteroatoms. The molecule has 0 aromatic rings. The number of rotatable bonds is 3. The quantitative estimate of drug-likeness (QED) is 0.770. The molecule has 0 unspecified atom stereocenters. The average molecular weight is 252 g/mol. The number of hydrogen-bond donors (Lipinski definition) is 1. The second-order valence-electron chi connectivity index (χ2n) is 5.44. The van der Waals surface area contributed by atoms with Gasteiger partial charge in [0.05, 0.1) is 6.61 Å². The predicted molar refractivity (Wildman–Crippen MR) is 71.1 cm³/mol. The van der Waals surface area contributed by atoms with Crippen LogP contribution in [0.5, 0.6) is 0 Å². The SMILES string of the molecule is COCC1=CCN(C(=O)C2CCC(N)CC2)CC1.